The van der Waals surface area contributed by atoms with Gasteiger partial charge in [-0.05, 0) is 12.1 Å². The SMILES string of the molecule is CON(C)C(=O)c1cccc(F)c1C(F)F. The highest BCUT2D eigenvalue weighted by Gasteiger charge is 2.24. The van der Waals surface area contributed by atoms with Gasteiger partial charge < -0.3 is 0 Å². The molecule has 1 aromatic rings. The van der Waals surface area contributed by atoms with Crippen LogP contribution in [0.3, 0.4) is 0 Å². The van der Waals surface area contributed by atoms with E-state index < -0.39 is 29.3 Å². The van der Waals surface area contributed by atoms with Crippen LogP contribution < -0.4 is 0 Å². The molecule has 88 valence electrons. The van der Waals surface area contributed by atoms with E-state index in [1.165, 1.54) is 20.2 Å². The van der Waals surface area contributed by atoms with E-state index in [-0.39, 0.29) is 0 Å². The summed E-state index contributed by atoms with van der Waals surface area (Å²) < 4.78 is 38.3. The fourth-order valence-electron chi connectivity index (χ4n) is 1.20. The minimum Gasteiger partial charge on any atom is -0.274 e. The summed E-state index contributed by atoms with van der Waals surface area (Å²) in [5, 5.41) is 0.751. The van der Waals surface area contributed by atoms with E-state index in [9.17, 15) is 18.0 Å². The second-order valence-corrected chi connectivity index (χ2v) is 2.99. The molecule has 0 aromatic heterocycles. The summed E-state index contributed by atoms with van der Waals surface area (Å²) in [6, 6.07) is 3.20. The molecule has 0 unspecified atom stereocenters. The topological polar surface area (TPSA) is 29.5 Å². The first-order valence-electron chi connectivity index (χ1n) is 4.37. The van der Waals surface area contributed by atoms with Crippen molar-refractivity contribution in [3.63, 3.8) is 0 Å². The number of halogens is 3. The highest BCUT2D eigenvalue weighted by atomic mass is 19.3. The van der Waals surface area contributed by atoms with Crippen molar-refractivity contribution in [2.75, 3.05) is 14.2 Å². The zero-order valence-corrected chi connectivity index (χ0v) is 8.71. The molecule has 0 bridgehead atoms. The molecule has 0 spiro atoms. The summed E-state index contributed by atoms with van der Waals surface area (Å²) in [4.78, 5) is 16.1. The fourth-order valence-corrected chi connectivity index (χ4v) is 1.20. The Hall–Kier alpha value is -1.56. The first-order chi connectivity index (χ1) is 7.49. The van der Waals surface area contributed by atoms with Gasteiger partial charge in [0.25, 0.3) is 12.3 Å². The molecule has 0 atom stereocenters. The third kappa shape index (κ3) is 2.33. The standard InChI is InChI=1S/C10H10F3NO2/c1-14(16-2)10(15)6-4-3-5-7(11)8(6)9(12)13/h3-5,9H,1-2H3. The van der Waals surface area contributed by atoms with Crippen molar-refractivity contribution in [2.45, 2.75) is 6.43 Å². The van der Waals surface area contributed by atoms with Crippen molar-refractivity contribution in [2.24, 2.45) is 0 Å². The number of rotatable bonds is 3. The number of hydrogen-bond acceptors (Lipinski definition) is 2. The normalized spacial score (nSPS) is 10.6. The molecule has 0 aliphatic heterocycles. The lowest BCUT2D eigenvalue weighted by Crippen LogP contribution is -2.26. The summed E-state index contributed by atoms with van der Waals surface area (Å²) in [5.41, 5.74) is -1.31. The molecule has 0 fully saturated rings. The average molecular weight is 233 g/mol. The number of nitrogens with zero attached hydrogens (tertiary/aromatic N) is 1. The van der Waals surface area contributed by atoms with E-state index in [0.29, 0.717) is 0 Å². The first-order valence-corrected chi connectivity index (χ1v) is 4.37. The van der Waals surface area contributed by atoms with E-state index in [0.717, 1.165) is 17.2 Å². The lowest BCUT2D eigenvalue weighted by molar-refractivity contribution is -0.0759. The van der Waals surface area contributed by atoms with Crippen LogP contribution >= 0.6 is 0 Å². The molecule has 1 amide bonds. The fraction of sp³-hybridized carbons (Fsp3) is 0.300. The molecule has 6 heteroatoms. The van der Waals surface area contributed by atoms with Crippen molar-refractivity contribution in [1.82, 2.24) is 5.06 Å². The highest BCUT2D eigenvalue weighted by Crippen LogP contribution is 2.26. The molecule has 1 aromatic carbocycles. The van der Waals surface area contributed by atoms with Crippen LogP contribution in [-0.4, -0.2) is 25.1 Å². The van der Waals surface area contributed by atoms with Crippen LogP contribution in [0.5, 0.6) is 0 Å². The lowest BCUT2D eigenvalue weighted by atomic mass is 10.1. The van der Waals surface area contributed by atoms with Gasteiger partial charge in [0.15, 0.2) is 0 Å². The first kappa shape index (κ1) is 12.5. The molecule has 0 aliphatic rings. The molecule has 3 nitrogen and oxygen atoms in total. The summed E-state index contributed by atoms with van der Waals surface area (Å²) in [7, 11) is 2.46. The lowest BCUT2D eigenvalue weighted by Gasteiger charge is -2.16. The number of alkyl halides is 2. The van der Waals surface area contributed by atoms with E-state index >= 15 is 0 Å². The third-order valence-electron chi connectivity index (χ3n) is 2.06. The number of amides is 1. The summed E-state index contributed by atoms with van der Waals surface area (Å²) in [6.45, 7) is 0. The van der Waals surface area contributed by atoms with Crippen molar-refractivity contribution in [1.29, 1.82) is 0 Å². The van der Waals surface area contributed by atoms with Crippen molar-refractivity contribution >= 4 is 5.91 Å². The molecular weight excluding hydrogens is 223 g/mol. The van der Waals surface area contributed by atoms with Crippen LogP contribution in [0.25, 0.3) is 0 Å². The maximum Gasteiger partial charge on any atom is 0.277 e. The van der Waals surface area contributed by atoms with Crippen LogP contribution in [0.2, 0.25) is 0 Å². The monoisotopic (exact) mass is 233 g/mol. The van der Waals surface area contributed by atoms with E-state index in [1.54, 1.807) is 0 Å². The second-order valence-electron chi connectivity index (χ2n) is 2.99. The Morgan fingerprint density at radius 3 is 2.56 bits per heavy atom. The molecule has 16 heavy (non-hydrogen) atoms. The Labute approximate surface area is 90.4 Å². The Kier molecular flexibility index (Phi) is 3.89. The maximum absolute atomic E-state index is 13.1. The number of hydroxylamine groups is 2. The highest BCUT2D eigenvalue weighted by molar-refractivity contribution is 5.95. The molecule has 0 radical (unpaired) electrons. The Morgan fingerprint density at radius 2 is 2.06 bits per heavy atom. The number of benzene rings is 1. The summed E-state index contributed by atoms with van der Waals surface area (Å²) >= 11 is 0. The minimum absolute atomic E-state index is 0.403. The van der Waals surface area contributed by atoms with Gasteiger partial charge in [0, 0.05) is 7.05 Å². The zero-order chi connectivity index (χ0) is 12.3. The average Bonchev–Trinajstić information content (AvgIpc) is 2.26. The molecule has 0 N–H and O–H groups in total. The number of carbonyl (C=O) groups excluding carboxylic acids is 1. The van der Waals surface area contributed by atoms with Crippen molar-refractivity contribution in [3.05, 3.63) is 35.1 Å². The predicted octanol–water partition coefficient (Wildman–Crippen LogP) is 2.40. The summed E-state index contributed by atoms with van der Waals surface area (Å²) in [5.74, 6) is -1.93. The van der Waals surface area contributed by atoms with Crippen LogP contribution in [0, 0.1) is 5.82 Å². The van der Waals surface area contributed by atoms with Crippen molar-refractivity contribution in [3.8, 4) is 0 Å². The summed E-state index contributed by atoms with van der Waals surface area (Å²) in [6.07, 6.45) is -3.05. The van der Waals surface area contributed by atoms with Gasteiger partial charge >= 0.3 is 0 Å². The minimum atomic E-state index is -3.05. The van der Waals surface area contributed by atoms with Gasteiger partial charge in [-0.15, -0.1) is 0 Å². The molecule has 1 rings (SSSR count). The van der Waals surface area contributed by atoms with Crippen LogP contribution in [0.4, 0.5) is 13.2 Å². The third-order valence-corrected chi connectivity index (χ3v) is 2.06. The quantitative estimate of drug-likeness (QED) is 0.750. The Morgan fingerprint density at radius 1 is 1.44 bits per heavy atom. The smallest absolute Gasteiger partial charge is 0.274 e. The second kappa shape index (κ2) is 4.98. The Bertz CT molecular complexity index is 396. The molecule has 0 saturated heterocycles. The van der Waals surface area contributed by atoms with Gasteiger partial charge in [-0.3, -0.25) is 9.63 Å². The molecule has 0 aliphatic carbocycles. The van der Waals surface area contributed by atoms with Gasteiger partial charge in [0.1, 0.15) is 5.82 Å². The Balaban J connectivity index is 3.23. The zero-order valence-electron chi connectivity index (χ0n) is 8.71. The predicted molar refractivity (Wildman–Crippen MR) is 50.5 cm³/mol. The van der Waals surface area contributed by atoms with E-state index in [1.807, 2.05) is 0 Å². The van der Waals surface area contributed by atoms with Gasteiger partial charge in [0.2, 0.25) is 0 Å². The van der Waals surface area contributed by atoms with E-state index in [2.05, 4.69) is 4.84 Å². The molecule has 0 heterocycles. The van der Waals surface area contributed by atoms with Crippen LogP contribution in [-0.2, 0) is 4.84 Å². The number of hydrogen-bond donors (Lipinski definition) is 0. The van der Waals surface area contributed by atoms with Gasteiger partial charge in [-0.2, -0.15) is 0 Å². The van der Waals surface area contributed by atoms with Gasteiger partial charge in [-0.25, -0.2) is 18.2 Å². The molecule has 0 saturated carbocycles. The van der Waals surface area contributed by atoms with Crippen LogP contribution in [0.15, 0.2) is 18.2 Å². The largest absolute Gasteiger partial charge is 0.277 e. The van der Waals surface area contributed by atoms with Gasteiger partial charge in [0.05, 0.1) is 18.2 Å². The maximum atomic E-state index is 13.1. The van der Waals surface area contributed by atoms with Crippen LogP contribution in [0.1, 0.15) is 22.3 Å². The van der Waals surface area contributed by atoms with Crippen molar-refractivity contribution < 1.29 is 22.8 Å². The van der Waals surface area contributed by atoms with E-state index in [4.69, 9.17) is 0 Å². The number of carbonyl (C=O) groups is 1. The molecular formula is C10H10F3NO2. The van der Waals surface area contributed by atoms with Gasteiger partial charge in [-0.1, -0.05) is 6.07 Å².